The van der Waals surface area contributed by atoms with Gasteiger partial charge in [-0.3, -0.25) is 0 Å². The zero-order valence-corrected chi connectivity index (χ0v) is 10.6. The normalized spacial score (nSPS) is 24.3. The topological polar surface area (TPSA) is 26.0 Å². The first-order valence-electron chi connectivity index (χ1n) is 7.18. The molecule has 0 radical (unpaired) electrons. The summed E-state index contributed by atoms with van der Waals surface area (Å²) in [5, 5.41) is 0. The van der Waals surface area contributed by atoms with Crippen molar-refractivity contribution in [3.63, 3.8) is 0 Å². The molecule has 1 aromatic carbocycles. The van der Waals surface area contributed by atoms with Crippen LogP contribution in [0.15, 0.2) is 24.3 Å². The lowest BCUT2D eigenvalue weighted by Crippen LogP contribution is -2.34. The Labute approximate surface area is 104 Å². The van der Waals surface area contributed by atoms with Gasteiger partial charge in [0, 0.05) is 5.54 Å². The SMILES string of the molecule is NC1(c2ccccc2C2CCCC2)CCCC1. The maximum Gasteiger partial charge on any atom is 0.0412 e. The van der Waals surface area contributed by atoms with E-state index in [4.69, 9.17) is 5.73 Å². The van der Waals surface area contributed by atoms with Crippen molar-refractivity contribution in [3.05, 3.63) is 35.4 Å². The number of benzene rings is 1. The predicted molar refractivity (Wildman–Crippen MR) is 72.0 cm³/mol. The van der Waals surface area contributed by atoms with Crippen LogP contribution in [0.3, 0.4) is 0 Å². The summed E-state index contributed by atoms with van der Waals surface area (Å²) in [6.07, 6.45) is 10.5. The van der Waals surface area contributed by atoms with Gasteiger partial charge in [0.25, 0.3) is 0 Å². The van der Waals surface area contributed by atoms with Gasteiger partial charge >= 0.3 is 0 Å². The molecule has 2 fully saturated rings. The lowest BCUT2D eigenvalue weighted by molar-refractivity contribution is 0.453. The smallest absolute Gasteiger partial charge is 0.0412 e. The third-order valence-electron chi connectivity index (χ3n) is 4.79. The minimum absolute atomic E-state index is 0.0147. The van der Waals surface area contributed by atoms with Crippen molar-refractivity contribution in [2.75, 3.05) is 0 Å². The van der Waals surface area contributed by atoms with Gasteiger partial charge in [-0.1, -0.05) is 49.9 Å². The minimum Gasteiger partial charge on any atom is -0.321 e. The highest BCUT2D eigenvalue weighted by Gasteiger charge is 2.34. The highest BCUT2D eigenvalue weighted by atomic mass is 14.8. The van der Waals surface area contributed by atoms with Crippen molar-refractivity contribution in [3.8, 4) is 0 Å². The molecule has 0 amide bonds. The summed E-state index contributed by atoms with van der Waals surface area (Å²) in [4.78, 5) is 0. The van der Waals surface area contributed by atoms with Crippen molar-refractivity contribution >= 4 is 0 Å². The van der Waals surface area contributed by atoms with E-state index < -0.39 is 0 Å². The minimum atomic E-state index is -0.0147. The number of nitrogens with two attached hydrogens (primary N) is 1. The van der Waals surface area contributed by atoms with Crippen LogP contribution in [-0.2, 0) is 5.54 Å². The molecule has 0 saturated heterocycles. The van der Waals surface area contributed by atoms with Gasteiger partial charge in [-0.2, -0.15) is 0 Å². The molecule has 2 aliphatic rings. The van der Waals surface area contributed by atoms with Crippen molar-refractivity contribution in [1.29, 1.82) is 0 Å². The maximum absolute atomic E-state index is 6.65. The van der Waals surface area contributed by atoms with Gasteiger partial charge in [-0.15, -0.1) is 0 Å². The highest BCUT2D eigenvalue weighted by molar-refractivity contribution is 5.37. The average molecular weight is 229 g/mol. The molecule has 17 heavy (non-hydrogen) atoms. The summed E-state index contributed by atoms with van der Waals surface area (Å²) in [6.45, 7) is 0. The number of hydrogen-bond acceptors (Lipinski definition) is 1. The second-order valence-corrected chi connectivity index (χ2v) is 5.93. The van der Waals surface area contributed by atoms with E-state index >= 15 is 0 Å². The van der Waals surface area contributed by atoms with Crippen LogP contribution in [0.2, 0.25) is 0 Å². The zero-order valence-electron chi connectivity index (χ0n) is 10.6. The first-order valence-corrected chi connectivity index (χ1v) is 7.18. The molecule has 2 saturated carbocycles. The fourth-order valence-electron chi connectivity index (χ4n) is 3.82. The lowest BCUT2D eigenvalue weighted by Gasteiger charge is -2.29. The second kappa shape index (κ2) is 4.45. The molecule has 0 unspecified atom stereocenters. The van der Waals surface area contributed by atoms with Crippen LogP contribution in [0.4, 0.5) is 0 Å². The van der Waals surface area contributed by atoms with Crippen LogP contribution in [-0.4, -0.2) is 0 Å². The van der Waals surface area contributed by atoms with Crippen molar-refractivity contribution in [1.82, 2.24) is 0 Å². The van der Waals surface area contributed by atoms with E-state index in [1.807, 2.05) is 0 Å². The fourth-order valence-corrected chi connectivity index (χ4v) is 3.82. The van der Waals surface area contributed by atoms with Crippen LogP contribution in [0, 0.1) is 0 Å². The number of rotatable bonds is 2. The summed E-state index contributed by atoms with van der Waals surface area (Å²) >= 11 is 0. The van der Waals surface area contributed by atoms with Gasteiger partial charge in [0.05, 0.1) is 0 Å². The quantitative estimate of drug-likeness (QED) is 0.812. The predicted octanol–water partition coefficient (Wildman–Crippen LogP) is 4.07. The molecule has 1 aromatic rings. The van der Waals surface area contributed by atoms with Crippen LogP contribution in [0.5, 0.6) is 0 Å². The molecule has 0 atom stereocenters. The Morgan fingerprint density at radius 3 is 2.29 bits per heavy atom. The summed E-state index contributed by atoms with van der Waals surface area (Å²) in [7, 11) is 0. The van der Waals surface area contributed by atoms with E-state index in [9.17, 15) is 0 Å². The Bertz CT molecular complexity index is 384. The average Bonchev–Trinajstić information content (AvgIpc) is 3.00. The summed E-state index contributed by atoms with van der Waals surface area (Å²) < 4.78 is 0. The molecule has 0 spiro atoms. The third kappa shape index (κ3) is 2.01. The number of hydrogen-bond donors (Lipinski definition) is 1. The van der Waals surface area contributed by atoms with E-state index in [0.29, 0.717) is 0 Å². The maximum atomic E-state index is 6.65. The molecule has 0 bridgehead atoms. The Hall–Kier alpha value is -0.820. The van der Waals surface area contributed by atoms with Crippen LogP contribution < -0.4 is 5.73 Å². The zero-order chi connectivity index (χ0) is 11.7. The van der Waals surface area contributed by atoms with Gasteiger partial charge in [0.1, 0.15) is 0 Å². The van der Waals surface area contributed by atoms with Gasteiger partial charge < -0.3 is 5.73 Å². The van der Waals surface area contributed by atoms with Crippen molar-refractivity contribution in [2.45, 2.75) is 62.8 Å². The standard InChI is InChI=1S/C16H23N/c17-16(11-5-6-12-16)15-10-4-3-9-14(15)13-7-1-2-8-13/h3-4,9-10,13H,1-2,5-8,11-12,17H2. The van der Waals surface area contributed by atoms with Crippen molar-refractivity contribution in [2.24, 2.45) is 5.73 Å². The van der Waals surface area contributed by atoms with Crippen LogP contribution in [0.1, 0.15) is 68.4 Å². The lowest BCUT2D eigenvalue weighted by atomic mass is 9.81. The van der Waals surface area contributed by atoms with E-state index in [1.165, 1.54) is 56.9 Å². The molecular formula is C16H23N. The molecule has 2 aliphatic carbocycles. The van der Waals surface area contributed by atoms with Crippen LogP contribution in [0.25, 0.3) is 0 Å². The van der Waals surface area contributed by atoms with E-state index in [2.05, 4.69) is 24.3 Å². The Morgan fingerprint density at radius 2 is 1.59 bits per heavy atom. The first kappa shape index (κ1) is 11.3. The van der Waals surface area contributed by atoms with Gasteiger partial charge in [0.2, 0.25) is 0 Å². The molecule has 2 N–H and O–H groups in total. The highest BCUT2D eigenvalue weighted by Crippen LogP contribution is 2.43. The summed E-state index contributed by atoms with van der Waals surface area (Å²) in [5.41, 5.74) is 9.66. The van der Waals surface area contributed by atoms with Gasteiger partial charge in [-0.25, -0.2) is 0 Å². The van der Waals surface area contributed by atoms with E-state index in [-0.39, 0.29) is 5.54 Å². The summed E-state index contributed by atoms with van der Waals surface area (Å²) in [6, 6.07) is 8.98. The monoisotopic (exact) mass is 229 g/mol. The molecule has 92 valence electrons. The molecule has 1 nitrogen and oxygen atoms in total. The molecule has 0 heterocycles. The third-order valence-corrected chi connectivity index (χ3v) is 4.79. The van der Waals surface area contributed by atoms with E-state index in [1.54, 1.807) is 5.56 Å². The molecule has 0 aliphatic heterocycles. The molecule has 3 rings (SSSR count). The molecule has 0 aromatic heterocycles. The fraction of sp³-hybridized carbons (Fsp3) is 0.625. The van der Waals surface area contributed by atoms with Gasteiger partial charge in [0.15, 0.2) is 0 Å². The first-order chi connectivity index (χ1) is 8.30. The van der Waals surface area contributed by atoms with Crippen LogP contribution >= 0.6 is 0 Å². The largest absolute Gasteiger partial charge is 0.321 e. The van der Waals surface area contributed by atoms with Gasteiger partial charge in [-0.05, 0) is 42.7 Å². The second-order valence-electron chi connectivity index (χ2n) is 5.93. The Kier molecular flexibility index (Phi) is 2.96. The van der Waals surface area contributed by atoms with Crippen molar-refractivity contribution < 1.29 is 0 Å². The Morgan fingerprint density at radius 1 is 0.941 bits per heavy atom. The van der Waals surface area contributed by atoms with E-state index in [0.717, 1.165) is 5.92 Å². The Balaban J connectivity index is 1.97. The molecular weight excluding hydrogens is 206 g/mol. The summed E-state index contributed by atoms with van der Waals surface area (Å²) in [5.74, 6) is 0.784. The molecule has 1 heteroatoms.